The molecule has 1 unspecified atom stereocenters. The SMILES string of the molecule is COC(c1nc(N)nc(C(C)C)n1)C(C)(C)C. The highest BCUT2D eigenvalue weighted by Gasteiger charge is 2.29. The Bertz CT molecular complexity index is 385. The van der Waals surface area contributed by atoms with Gasteiger partial charge in [0.15, 0.2) is 5.82 Å². The fraction of sp³-hybridized carbons (Fsp3) is 0.750. The van der Waals surface area contributed by atoms with Crippen molar-refractivity contribution in [1.29, 1.82) is 0 Å². The van der Waals surface area contributed by atoms with Gasteiger partial charge in [-0.25, -0.2) is 4.98 Å². The van der Waals surface area contributed by atoms with Crippen molar-refractivity contribution in [3.63, 3.8) is 0 Å². The normalized spacial score (nSPS) is 14.1. The highest BCUT2D eigenvalue weighted by Crippen LogP contribution is 2.33. The van der Waals surface area contributed by atoms with Crippen LogP contribution in [0.4, 0.5) is 5.95 Å². The minimum Gasteiger partial charge on any atom is -0.373 e. The summed E-state index contributed by atoms with van der Waals surface area (Å²) < 4.78 is 5.48. The van der Waals surface area contributed by atoms with Gasteiger partial charge in [0.2, 0.25) is 5.95 Å². The first kappa shape index (κ1) is 13.8. The number of aromatic nitrogens is 3. The van der Waals surface area contributed by atoms with Crippen molar-refractivity contribution in [2.45, 2.75) is 46.6 Å². The molecule has 1 atom stereocenters. The number of nitrogens with two attached hydrogens (primary N) is 1. The molecule has 1 aromatic heterocycles. The van der Waals surface area contributed by atoms with Gasteiger partial charge in [0.05, 0.1) is 0 Å². The molecule has 2 N–H and O–H groups in total. The Morgan fingerprint density at radius 3 is 2.00 bits per heavy atom. The number of nitrogen functional groups attached to an aromatic ring is 1. The summed E-state index contributed by atoms with van der Waals surface area (Å²) in [6, 6.07) is 0. The van der Waals surface area contributed by atoms with Gasteiger partial charge < -0.3 is 10.5 Å². The van der Waals surface area contributed by atoms with Crippen molar-refractivity contribution in [1.82, 2.24) is 15.0 Å². The van der Waals surface area contributed by atoms with Crippen LogP contribution >= 0.6 is 0 Å². The van der Waals surface area contributed by atoms with Gasteiger partial charge in [-0.2, -0.15) is 9.97 Å². The molecule has 0 saturated carbocycles. The number of nitrogens with zero attached hydrogens (tertiary/aromatic N) is 3. The molecule has 1 heterocycles. The highest BCUT2D eigenvalue weighted by atomic mass is 16.5. The summed E-state index contributed by atoms with van der Waals surface area (Å²) >= 11 is 0. The smallest absolute Gasteiger partial charge is 0.223 e. The van der Waals surface area contributed by atoms with Crippen LogP contribution < -0.4 is 5.73 Å². The topological polar surface area (TPSA) is 73.9 Å². The van der Waals surface area contributed by atoms with E-state index >= 15 is 0 Å². The summed E-state index contributed by atoms with van der Waals surface area (Å²) in [6.45, 7) is 10.3. The van der Waals surface area contributed by atoms with Gasteiger partial charge in [-0.15, -0.1) is 0 Å². The van der Waals surface area contributed by atoms with Crippen LogP contribution in [0, 0.1) is 5.41 Å². The van der Waals surface area contributed by atoms with Crippen molar-refractivity contribution in [3.8, 4) is 0 Å². The Kier molecular flexibility index (Phi) is 4.03. The van der Waals surface area contributed by atoms with Crippen molar-refractivity contribution in [2.75, 3.05) is 12.8 Å². The Labute approximate surface area is 103 Å². The summed E-state index contributed by atoms with van der Waals surface area (Å²) in [4.78, 5) is 12.8. The van der Waals surface area contributed by atoms with Crippen LogP contribution in [0.5, 0.6) is 0 Å². The van der Waals surface area contributed by atoms with Gasteiger partial charge in [-0.3, -0.25) is 0 Å². The van der Waals surface area contributed by atoms with E-state index in [1.807, 2.05) is 13.8 Å². The molecule has 5 heteroatoms. The van der Waals surface area contributed by atoms with E-state index in [9.17, 15) is 0 Å². The molecule has 0 saturated heterocycles. The molecule has 0 aromatic carbocycles. The Morgan fingerprint density at radius 1 is 1.06 bits per heavy atom. The highest BCUT2D eigenvalue weighted by molar-refractivity contribution is 5.18. The van der Waals surface area contributed by atoms with E-state index in [0.717, 1.165) is 0 Å². The second-order valence-electron chi connectivity index (χ2n) is 5.55. The molecule has 0 aliphatic rings. The summed E-state index contributed by atoms with van der Waals surface area (Å²) in [5, 5.41) is 0. The molecule has 0 amide bonds. The molecular formula is C12H22N4O. The average molecular weight is 238 g/mol. The van der Waals surface area contributed by atoms with E-state index in [-0.39, 0.29) is 23.4 Å². The monoisotopic (exact) mass is 238 g/mol. The lowest BCUT2D eigenvalue weighted by Gasteiger charge is -2.28. The first-order valence-electron chi connectivity index (χ1n) is 5.79. The van der Waals surface area contributed by atoms with E-state index in [4.69, 9.17) is 10.5 Å². The molecule has 1 rings (SSSR count). The molecule has 1 aromatic rings. The number of ether oxygens (including phenoxy) is 1. The van der Waals surface area contributed by atoms with E-state index in [1.54, 1.807) is 7.11 Å². The molecule has 0 radical (unpaired) electrons. The van der Waals surface area contributed by atoms with E-state index in [2.05, 4.69) is 35.7 Å². The lowest BCUT2D eigenvalue weighted by atomic mass is 9.88. The molecular weight excluding hydrogens is 216 g/mol. The fourth-order valence-corrected chi connectivity index (χ4v) is 1.65. The summed E-state index contributed by atoms with van der Waals surface area (Å²) in [5.74, 6) is 1.79. The fourth-order valence-electron chi connectivity index (χ4n) is 1.65. The second-order valence-corrected chi connectivity index (χ2v) is 5.55. The first-order chi connectivity index (χ1) is 7.75. The average Bonchev–Trinajstić information content (AvgIpc) is 2.15. The molecule has 0 fully saturated rings. The van der Waals surface area contributed by atoms with E-state index in [1.165, 1.54) is 0 Å². The largest absolute Gasteiger partial charge is 0.373 e. The van der Waals surface area contributed by atoms with Gasteiger partial charge in [0, 0.05) is 13.0 Å². The van der Waals surface area contributed by atoms with Gasteiger partial charge in [0.1, 0.15) is 11.9 Å². The third-order valence-corrected chi connectivity index (χ3v) is 2.46. The third kappa shape index (κ3) is 3.36. The minimum absolute atomic E-state index is 0.0865. The molecule has 0 aliphatic heterocycles. The summed E-state index contributed by atoms with van der Waals surface area (Å²) in [5.41, 5.74) is 5.63. The van der Waals surface area contributed by atoms with Crippen molar-refractivity contribution in [3.05, 3.63) is 11.6 Å². The number of rotatable bonds is 3. The maximum absolute atomic E-state index is 5.72. The maximum Gasteiger partial charge on any atom is 0.223 e. The Hall–Kier alpha value is -1.23. The summed E-state index contributed by atoms with van der Waals surface area (Å²) in [7, 11) is 1.66. The zero-order valence-electron chi connectivity index (χ0n) is 11.5. The van der Waals surface area contributed by atoms with Crippen molar-refractivity contribution in [2.24, 2.45) is 5.41 Å². The van der Waals surface area contributed by atoms with Crippen molar-refractivity contribution >= 4 is 5.95 Å². The summed E-state index contributed by atoms with van der Waals surface area (Å²) in [6.07, 6.45) is -0.190. The van der Waals surface area contributed by atoms with Crippen LogP contribution in [-0.4, -0.2) is 22.1 Å². The van der Waals surface area contributed by atoms with Crippen LogP contribution in [0.2, 0.25) is 0 Å². The van der Waals surface area contributed by atoms with Gasteiger partial charge >= 0.3 is 0 Å². The molecule has 96 valence electrons. The number of hydrogen-bond acceptors (Lipinski definition) is 5. The quantitative estimate of drug-likeness (QED) is 0.874. The number of anilines is 1. The number of methoxy groups -OCH3 is 1. The predicted octanol–water partition coefficient (Wildman–Crippen LogP) is 2.31. The zero-order valence-corrected chi connectivity index (χ0v) is 11.5. The van der Waals surface area contributed by atoms with Gasteiger partial charge in [-0.05, 0) is 5.41 Å². The lowest BCUT2D eigenvalue weighted by molar-refractivity contribution is 0.00841. The van der Waals surface area contributed by atoms with Crippen LogP contribution in [0.1, 0.15) is 58.3 Å². The molecule has 0 bridgehead atoms. The third-order valence-electron chi connectivity index (χ3n) is 2.46. The minimum atomic E-state index is -0.190. The zero-order chi connectivity index (χ0) is 13.2. The Morgan fingerprint density at radius 2 is 1.59 bits per heavy atom. The van der Waals surface area contributed by atoms with Crippen LogP contribution in [0.15, 0.2) is 0 Å². The van der Waals surface area contributed by atoms with E-state index < -0.39 is 0 Å². The molecule has 0 aliphatic carbocycles. The maximum atomic E-state index is 5.72. The van der Waals surface area contributed by atoms with Gasteiger partial charge in [-0.1, -0.05) is 34.6 Å². The van der Waals surface area contributed by atoms with Crippen LogP contribution in [0.25, 0.3) is 0 Å². The first-order valence-corrected chi connectivity index (χ1v) is 5.79. The predicted molar refractivity (Wildman–Crippen MR) is 67.5 cm³/mol. The molecule has 17 heavy (non-hydrogen) atoms. The van der Waals surface area contributed by atoms with Gasteiger partial charge in [0.25, 0.3) is 0 Å². The van der Waals surface area contributed by atoms with E-state index in [0.29, 0.717) is 11.6 Å². The van der Waals surface area contributed by atoms with Crippen LogP contribution in [-0.2, 0) is 4.74 Å². The standard InChI is InChI=1S/C12H22N4O/c1-7(2)9-14-10(16-11(13)15-9)8(17-6)12(3,4)5/h7-8H,1-6H3,(H2,13,14,15,16). The van der Waals surface area contributed by atoms with Crippen LogP contribution in [0.3, 0.4) is 0 Å². The van der Waals surface area contributed by atoms with Crippen molar-refractivity contribution < 1.29 is 4.74 Å². The number of hydrogen-bond donors (Lipinski definition) is 1. The Balaban J connectivity index is 3.20. The second kappa shape index (κ2) is 4.96. The lowest BCUT2D eigenvalue weighted by Crippen LogP contribution is -2.24. The molecule has 0 spiro atoms. The molecule has 5 nitrogen and oxygen atoms in total.